The Labute approximate surface area is 123 Å². The lowest BCUT2D eigenvalue weighted by atomic mass is 9.86. The number of piperidine rings is 1. The van der Waals surface area contributed by atoms with E-state index >= 15 is 0 Å². The van der Waals surface area contributed by atoms with E-state index in [4.69, 9.17) is 16.3 Å². The van der Waals surface area contributed by atoms with Gasteiger partial charge in [-0.25, -0.2) is 4.39 Å². The van der Waals surface area contributed by atoms with Crippen LogP contribution in [-0.4, -0.2) is 41.4 Å². The first-order valence-electron chi connectivity index (χ1n) is 7.07. The molecule has 0 amide bonds. The Balaban J connectivity index is 1.65. The van der Waals surface area contributed by atoms with Gasteiger partial charge in [0.1, 0.15) is 5.82 Å². The van der Waals surface area contributed by atoms with Crippen LogP contribution in [0, 0.1) is 5.82 Å². The van der Waals surface area contributed by atoms with E-state index in [9.17, 15) is 9.50 Å². The number of aliphatic hydroxyl groups is 1. The van der Waals surface area contributed by atoms with Gasteiger partial charge in [0, 0.05) is 36.8 Å². The van der Waals surface area contributed by atoms with Crippen molar-refractivity contribution in [1.29, 1.82) is 0 Å². The molecule has 1 aromatic carbocycles. The van der Waals surface area contributed by atoms with Crippen molar-refractivity contribution in [1.82, 2.24) is 4.90 Å². The van der Waals surface area contributed by atoms with Gasteiger partial charge in [-0.15, -0.1) is 0 Å². The third-order valence-corrected chi connectivity index (χ3v) is 4.67. The van der Waals surface area contributed by atoms with Gasteiger partial charge < -0.3 is 9.84 Å². The summed E-state index contributed by atoms with van der Waals surface area (Å²) in [6.45, 7) is 2.58. The standard InChI is InChI=1S/C15H19ClFNO2/c16-12-3-2-11(13(17)8-12)9-18-6-5-15(14(19)10-18)4-1-7-20-15/h2-3,8,14,19H,1,4-7,9-10H2/t14-,15-/m0/s1. The molecular formula is C15H19ClFNO2. The molecule has 0 aliphatic carbocycles. The van der Waals surface area contributed by atoms with Gasteiger partial charge >= 0.3 is 0 Å². The highest BCUT2D eigenvalue weighted by Gasteiger charge is 2.45. The van der Waals surface area contributed by atoms with Gasteiger partial charge in [0.25, 0.3) is 0 Å². The van der Waals surface area contributed by atoms with Gasteiger partial charge in [-0.3, -0.25) is 4.90 Å². The zero-order chi connectivity index (χ0) is 14.2. The van der Waals surface area contributed by atoms with Crippen molar-refractivity contribution in [3.05, 3.63) is 34.6 Å². The summed E-state index contributed by atoms with van der Waals surface area (Å²) >= 11 is 5.75. The van der Waals surface area contributed by atoms with E-state index in [0.717, 1.165) is 32.4 Å². The summed E-state index contributed by atoms with van der Waals surface area (Å²) in [6.07, 6.45) is 2.26. The average Bonchev–Trinajstić information content (AvgIpc) is 2.87. The number of ether oxygens (including phenoxy) is 1. The second-order valence-electron chi connectivity index (χ2n) is 5.75. The molecule has 3 nitrogen and oxygen atoms in total. The fourth-order valence-corrected chi connectivity index (χ4v) is 3.39. The van der Waals surface area contributed by atoms with Crippen LogP contribution >= 0.6 is 11.6 Å². The minimum Gasteiger partial charge on any atom is -0.389 e. The fraction of sp³-hybridized carbons (Fsp3) is 0.600. The molecule has 2 aliphatic heterocycles. The summed E-state index contributed by atoms with van der Waals surface area (Å²) in [4.78, 5) is 2.07. The van der Waals surface area contributed by atoms with Gasteiger partial charge in [-0.1, -0.05) is 17.7 Å². The van der Waals surface area contributed by atoms with Gasteiger partial charge in [0.05, 0.1) is 11.7 Å². The molecule has 2 fully saturated rings. The van der Waals surface area contributed by atoms with Crippen LogP contribution in [0.15, 0.2) is 18.2 Å². The number of hydrogen-bond donors (Lipinski definition) is 1. The highest BCUT2D eigenvalue weighted by atomic mass is 35.5. The molecule has 0 aromatic heterocycles. The Morgan fingerprint density at radius 3 is 2.95 bits per heavy atom. The summed E-state index contributed by atoms with van der Waals surface area (Å²) in [7, 11) is 0. The first-order valence-corrected chi connectivity index (χ1v) is 7.45. The number of halogens is 2. The van der Waals surface area contributed by atoms with Crippen LogP contribution in [0.3, 0.4) is 0 Å². The molecule has 0 unspecified atom stereocenters. The van der Waals surface area contributed by atoms with Crippen molar-refractivity contribution in [2.24, 2.45) is 0 Å². The van der Waals surface area contributed by atoms with Crippen LogP contribution in [0.1, 0.15) is 24.8 Å². The van der Waals surface area contributed by atoms with Crippen molar-refractivity contribution in [3.8, 4) is 0 Å². The molecule has 110 valence electrons. The predicted molar refractivity (Wildman–Crippen MR) is 75.2 cm³/mol. The minimum absolute atomic E-state index is 0.288. The molecule has 0 bridgehead atoms. The molecule has 1 N–H and O–H groups in total. The Kier molecular flexibility index (Phi) is 4.00. The summed E-state index contributed by atoms with van der Waals surface area (Å²) in [5.41, 5.74) is 0.263. The van der Waals surface area contributed by atoms with Gasteiger partial charge in [0.15, 0.2) is 0 Å². The zero-order valence-electron chi connectivity index (χ0n) is 11.3. The van der Waals surface area contributed by atoms with Crippen molar-refractivity contribution < 1.29 is 14.2 Å². The van der Waals surface area contributed by atoms with E-state index in [2.05, 4.69) is 4.90 Å². The topological polar surface area (TPSA) is 32.7 Å². The lowest BCUT2D eigenvalue weighted by molar-refractivity contribution is -0.130. The number of rotatable bonds is 2. The molecule has 0 saturated carbocycles. The monoisotopic (exact) mass is 299 g/mol. The van der Waals surface area contributed by atoms with E-state index in [-0.39, 0.29) is 11.4 Å². The highest BCUT2D eigenvalue weighted by molar-refractivity contribution is 6.30. The Hall–Kier alpha value is -0.680. The maximum absolute atomic E-state index is 13.8. The molecular weight excluding hydrogens is 281 g/mol. The molecule has 2 saturated heterocycles. The van der Waals surface area contributed by atoms with E-state index < -0.39 is 6.10 Å². The number of hydrogen-bond acceptors (Lipinski definition) is 3. The van der Waals surface area contributed by atoms with Gasteiger partial charge in [0.2, 0.25) is 0 Å². The summed E-state index contributed by atoms with van der Waals surface area (Å²) in [5.74, 6) is -0.288. The molecule has 2 aliphatic rings. The van der Waals surface area contributed by atoms with Crippen LogP contribution in [0.2, 0.25) is 5.02 Å². The van der Waals surface area contributed by atoms with Crippen LogP contribution in [-0.2, 0) is 11.3 Å². The van der Waals surface area contributed by atoms with Crippen molar-refractivity contribution >= 4 is 11.6 Å². The molecule has 3 rings (SSSR count). The number of β-amino-alcohol motifs (C(OH)–C–C–N with tert-alkyl or cyclic N) is 1. The minimum atomic E-state index is -0.492. The molecule has 0 radical (unpaired) electrons. The molecule has 1 aromatic rings. The second kappa shape index (κ2) is 5.60. The first kappa shape index (κ1) is 14.3. The highest BCUT2D eigenvalue weighted by Crippen LogP contribution is 2.36. The van der Waals surface area contributed by atoms with Gasteiger partial charge in [-0.05, 0) is 31.4 Å². The number of aliphatic hydroxyl groups excluding tert-OH is 1. The van der Waals surface area contributed by atoms with E-state index in [1.54, 1.807) is 12.1 Å². The summed E-state index contributed by atoms with van der Waals surface area (Å²) in [5, 5.41) is 10.7. The molecule has 2 heterocycles. The summed E-state index contributed by atoms with van der Waals surface area (Å²) < 4.78 is 19.6. The third-order valence-electron chi connectivity index (χ3n) is 4.43. The number of benzene rings is 1. The number of likely N-dealkylation sites (tertiary alicyclic amines) is 1. The van der Waals surface area contributed by atoms with E-state index in [0.29, 0.717) is 23.7 Å². The number of nitrogens with zero attached hydrogens (tertiary/aromatic N) is 1. The quantitative estimate of drug-likeness (QED) is 0.911. The predicted octanol–water partition coefficient (Wildman–Crippen LogP) is 2.59. The SMILES string of the molecule is O[C@H]1CN(Cc2ccc(Cl)cc2F)CC[C@@]12CCCO2. The van der Waals surface area contributed by atoms with Crippen LogP contribution in [0.5, 0.6) is 0 Å². The fourth-order valence-electron chi connectivity index (χ4n) is 3.23. The average molecular weight is 300 g/mol. The lowest BCUT2D eigenvalue weighted by Gasteiger charge is -2.42. The lowest BCUT2D eigenvalue weighted by Crippen LogP contribution is -2.54. The third kappa shape index (κ3) is 2.70. The Morgan fingerprint density at radius 1 is 1.45 bits per heavy atom. The van der Waals surface area contributed by atoms with Crippen LogP contribution in [0.25, 0.3) is 0 Å². The van der Waals surface area contributed by atoms with Crippen LogP contribution < -0.4 is 0 Å². The smallest absolute Gasteiger partial charge is 0.129 e. The largest absolute Gasteiger partial charge is 0.389 e. The second-order valence-corrected chi connectivity index (χ2v) is 6.19. The maximum Gasteiger partial charge on any atom is 0.129 e. The molecule has 5 heteroatoms. The molecule has 2 atom stereocenters. The Morgan fingerprint density at radius 2 is 2.30 bits per heavy atom. The van der Waals surface area contributed by atoms with E-state index in [1.807, 2.05) is 0 Å². The molecule has 20 heavy (non-hydrogen) atoms. The first-order chi connectivity index (χ1) is 9.59. The normalized spacial score (nSPS) is 31.1. The Bertz CT molecular complexity index is 491. The van der Waals surface area contributed by atoms with Crippen molar-refractivity contribution in [3.63, 3.8) is 0 Å². The van der Waals surface area contributed by atoms with E-state index in [1.165, 1.54) is 6.07 Å². The van der Waals surface area contributed by atoms with Gasteiger partial charge in [-0.2, -0.15) is 0 Å². The van der Waals surface area contributed by atoms with Crippen molar-refractivity contribution in [2.75, 3.05) is 19.7 Å². The zero-order valence-corrected chi connectivity index (χ0v) is 12.1. The maximum atomic E-state index is 13.8. The van der Waals surface area contributed by atoms with Crippen molar-refractivity contribution in [2.45, 2.75) is 37.5 Å². The summed E-state index contributed by atoms with van der Waals surface area (Å²) in [6, 6.07) is 4.74. The molecule has 1 spiro atoms. The van der Waals surface area contributed by atoms with Crippen LogP contribution in [0.4, 0.5) is 4.39 Å².